The highest BCUT2D eigenvalue weighted by Gasteiger charge is 2.12. The van der Waals surface area contributed by atoms with Crippen molar-refractivity contribution < 1.29 is 9.18 Å². The Balaban J connectivity index is 2.41. The molecule has 0 aliphatic carbocycles. The second-order valence-corrected chi connectivity index (χ2v) is 5.49. The summed E-state index contributed by atoms with van der Waals surface area (Å²) in [6.07, 6.45) is 0. The number of halogens is 3. The van der Waals surface area contributed by atoms with Gasteiger partial charge in [0.2, 0.25) is 0 Å². The van der Waals surface area contributed by atoms with Gasteiger partial charge in [0.05, 0.1) is 5.02 Å². The van der Waals surface area contributed by atoms with E-state index in [2.05, 4.69) is 22.6 Å². The Hall–Kier alpha value is -0.940. The summed E-state index contributed by atoms with van der Waals surface area (Å²) in [6.45, 7) is 1.66. The van der Waals surface area contributed by atoms with Crippen molar-refractivity contribution in [2.45, 2.75) is 6.92 Å². The molecule has 0 radical (unpaired) electrons. The van der Waals surface area contributed by atoms with Gasteiger partial charge in [-0.15, -0.1) is 0 Å². The SMILES string of the molecule is Cc1ccc(C(=O)c2ccc(I)c(Cl)c2)cc1F. The fraction of sp³-hybridized carbons (Fsp3) is 0.0714. The van der Waals surface area contributed by atoms with Crippen LogP contribution in [0.4, 0.5) is 4.39 Å². The maximum absolute atomic E-state index is 13.4. The number of carbonyl (C=O) groups is 1. The van der Waals surface area contributed by atoms with Crippen molar-refractivity contribution in [3.63, 3.8) is 0 Å². The normalized spacial score (nSPS) is 10.4. The van der Waals surface area contributed by atoms with E-state index in [1.807, 2.05) is 0 Å². The topological polar surface area (TPSA) is 17.1 Å². The molecule has 0 aromatic heterocycles. The van der Waals surface area contributed by atoms with Crippen molar-refractivity contribution >= 4 is 40.0 Å². The summed E-state index contributed by atoms with van der Waals surface area (Å²) in [7, 11) is 0. The van der Waals surface area contributed by atoms with Crippen LogP contribution in [0, 0.1) is 16.3 Å². The van der Waals surface area contributed by atoms with E-state index < -0.39 is 0 Å². The minimum Gasteiger partial charge on any atom is -0.289 e. The van der Waals surface area contributed by atoms with E-state index in [9.17, 15) is 9.18 Å². The van der Waals surface area contributed by atoms with Crippen LogP contribution < -0.4 is 0 Å². The Labute approximate surface area is 123 Å². The summed E-state index contributed by atoms with van der Waals surface area (Å²) in [5.41, 5.74) is 1.31. The molecule has 2 aromatic rings. The van der Waals surface area contributed by atoms with E-state index in [1.54, 1.807) is 37.3 Å². The predicted molar refractivity (Wildman–Crippen MR) is 78.7 cm³/mol. The summed E-state index contributed by atoms with van der Waals surface area (Å²) < 4.78 is 14.3. The molecule has 0 fully saturated rings. The number of ketones is 1. The lowest BCUT2D eigenvalue weighted by Crippen LogP contribution is -2.02. The Morgan fingerprint density at radius 1 is 1.17 bits per heavy atom. The van der Waals surface area contributed by atoms with Crippen LogP contribution in [-0.2, 0) is 0 Å². The van der Waals surface area contributed by atoms with Gasteiger partial charge in [-0.3, -0.25) is 4.79 Å². The molecule has 18 heavy (non-hydrogen) atoms. The van der Waals surface area contributed by atoms with Crippen molar-refractivity contribution in [1.82, 2.24) is 0 Å². The van der Waals surface area contributed by atoms with E-state index in [0.717, 1.165) is 3.57 Å². The molecule has 0 bridgehead atoms. The first-order valence-corrected chi connectivity index (χ1v) is 6.70. The molecule has 0 saturated carbocycles. The predicted octanol–water partition coefficient (Wildman–Crippen LogP) is 4.62. The Kier molecular flexibility index (Phi) is 4.02. The summed E-state index contributed by atoms with van der Waals surface area (Å²) in [6, 6.07) is 9.52. The zero-order chi connectivity index (χ0) is 13.3. The summed E-state index contributed by atoms with van der Waals surface area (Å²) in [4.78, 5) is 12.1. The fourth-order valence-electron chi connectivity index (χ4n) is 1.54. The lowest BCUT2D eigenvalue weighted by Gasteiger charge is -2.04. The monoisotopic (exact) mass is 374 g/mol. The van der Waals surface area contributed by atoms with Gasteiger partial charge in [0.15, 0.2) is 5.78 Å². The van der Waals surface area contributed by atoms with Gasteiger partial charge in [0.1, 0.15) is 5.82 Å². The first-order valence-electron chi connectivity index (χ1n) is 5.25. The van der Waals surface area contributed by atoms with Gasteiger partial charge in [-0.2, -0.15) is 0 Å². The number of hydrogen-bond donors (Lipinski definition) is 0. The van der Waals surface area contributed by atoms with Crippen molar-refractivity contribution in [3.05, 3.63) is 67.5 Å². The molecule has 0 saturated heterocycles. The lowest BCUT2D eigenvalue weighted by molar-refractivity contribution is 0.103. The highest BCUT2D eigenvalue weighted by atomic mass is 127. The number of hydrogen-bond acceptors (Lipinski definition) is 1. The quantitative estimate of drug-likeness (QED) is 0.554. The first kappa shape index (κ1) is 13.5. The third kappa shape index (κ3) is 2.72. The molecule has 0 amide bonds. The largest absolute Gasteiger partial charge is 0.289 e. The molecule has 2 aromatic carbocycles. The molecule has 2 rings (SSSR count). The van der Waals surface area contributed by atoms with Crippen LogP contribution in [0.5, 0.6) is 0 Å². The highest BCUT2D eigenvalue weighted by molar-refractivity contribution is 14.1. The molecule has 92 valence electrons. The number of carbonyl (C=O) groups excluding carboxylic acids is 1. The lowest BCUT2D eigenvalue weighted by atomic mass is 10.0. The number of benzene rings is 2. The number of rotatable bonds is 2. The standard InChI is InChI=1S/C14H9ClFIO/c1-8-2-3-10(7-12(8)16)14(18)9-4-5-13(17)11(15)6-9/h2-7H,1H3. The fourth-order valence-corrected chi connectivity index (χ4v) is 2.05. The minimum absolute atomic E-state index is 0.229. The van der Waals surface area contributed by atoms with Gasteiger partial charge < -0.3 is 0 Å². The Morgan fingerprint density at radius 2 is 1.78 bits per heavy atom. The molecule has 0 spiro atoms. The maximum atomic E-state index is 13.4. The van der Waals surface area contributed by atoms with Crippen LogP contribution in [0.3, 0.4) is 0 Å². The van der Waals surface area contributed by atoms with E-state index in [4.69, 9.17) is 11.6 Å². The summed E-state index contributed by atoms with van der Waals surface area (Å²) in [5, 5.41) is 0.522. The molecular formula is C14H9ClFIO. The van der Waals surface area contributed by atoms with E-state index in [0.29, 0.717) is 21.7 Å². The molecule has 0 unspecified atom stereocenters. The van der Waals surface area contributed by atoms with Gasteiger partial charge in [0, 0.05) is 14.7 Å². The zero-order valence-corrected chi connectivity index (χ0v) is 12.4. The minimum atomic E-state index is -0.377. The second kappa shape index (κ2) is 5.36. The molecule has 0 aliphatic heterocycles. The average molecular weight is 375 g/mol. The van der Waals surface area contributed by atoms with E-state index in [1.165, 1.54) is 6.07 Å². The van der Waals surface area contributed by atoms with Crippen LogP contribution in [-0.4, -0.2) is 5.78 Å². The van der Waals surface area contributed by atoms with Crippen molar-refractivity contribution in [1.29, 1.82) is 0 Å². The van der Waals surface area contributed by atoms with Crippen LogP contribution in [0.15, 0.2) is 36.4 Å². The Morgan fingerprint density at radius 3 is 2.39 bits per heavy atom. The summed E-state index contributed by atoms with van der Waals surface area (Å²) >= 11 is 8.05. The van der Waals surface area contributed by atoms with Crippen LogP contribution in [0.25, 0.3) is 0 Å². The van der Waals surface area contributed by atoms with Crippen LogP contribution in [0.2, 0.25) is 5.02 Å². The third-order valence-electron chi connectivity index (χ3n) is 2.62. The molecule has 0 aliphatic rings. The molecule has 4 heteroatoms. The Bertz CT molecular complexity index is 572. The third-order valence-corrected chi connectivity index (χ3v) is 4.19. The molecule has 0 heterocycles. The van der Waals surface area contributed by atoms with Gasteiger partial charge in [-0.25, -0.2) is 4.39 Å². The van der Waals surface area contributed by atoms with E-state index >= 15 is 0 Å². The van der Waals surface area contributed by atoms with Crippen molar-refractivity contribution in [3.8, 4) is 0 Å². The smallest absolute Gasteiger partial charge is 0.193 e. The zero-order valence-electron chi connectivity index (χ0n) is 9.51. The van der Waals surface area contributed by atoms with Gasteiger partial charge >= 0.3 is 0 Å². The molecule has 0 atom stereocenters. The van der Waals surface area contributed by atoms with Crippen molar-refractivity contribution in [2.24, 2.45) is 0 Å². The number of aryl methyl sites for hydroxylation is 1. The van der Waals surface area contributed by atoms with E-state index in [-0.39, 0.29) is 11.6 Å². The molecular weight excluding hydrogens is 366 g/mol. The second-order valence-electron chi connectivity index (χ2n) is 3.92. The van der Waals surface area contributed by atoms with Crippen molar-refractivity contribution in [2.75, 3.05) is 0 Å². The van der Waals surface area contributed by atoms with Crippen LogP contribution in [0.1, 0.15) is 21.5 Å². The first-order chi connectivity index (χ1) is 8.49. The van der Waals surface area contributed by atoms with Gasteiger partial charge in [0.25, 0.3) is 0 Å². The molecule has 1 nitrogen and oxygen atoms in total. The van der Waals surface area contributed by atoms with Gasteiger partial charge in [-0.1, -0.05) is 23.7 Å². The molecule has 0 N–H and O–H groups in total. The summed E-state index contributed by atoms with van der Waals surface area (Å²) in [5.74, 6) is -0.607. The maximum Gasteiger partial charge on any atom is 0.193 e. The highest BCUT2D eigenvalue weighted by Crippen LogP contribution is 2.22. The van der Waals surface area contributed by atoms with Gasteiger partial charge in [-0.05, 0) is 59.3 Å². The average Bonchev–Trinajstić information content (AvgIpc) is 2.35. The van der Waals surface area contributed by atoms with Crippen LogP contribution >= 0.6 is 34.2 Å².